The summed E-state index contributed by atoms with van der Waals surface area (Å²) in [5, 5.41) is 5.17. The number of nitrogens with zero attached hydrogens (tertiary/aromatic N) is 4. The van der Waals surface area contributed by atoms with E-state index >= 15 is 0 Å². The lowest BCUT2D eigenvalue weighted by Crippen LogP contribution is -2.26. The van der Waals surface area contributed by atoms with Gasteiger partial charge < -0.3 is 4.98 Å². The lowest BCUT2D eigenvalue weighted by atomic mass is 10.1. The van der Waals surface area contributed by atoms with Crippen LogP contribution in [0.15, 0.2) is 35.3 Å². The van der Waals surface area contributed by atoms with Crippen molar-refractivity contribution in [3.8, 4) is 0 Å². The molecule has 0 saturated carbocycles. The third-order valence-corrected chi connectivity index (χ3v) is 5.50. The van der Waals surface area contributed by atoms with Crippen LogP contribution >= 0.6 is 0 Å². The molecule has 1 N–H and O–H groups in total. The van der Waals surface area contributed by atoms with Gasteiger partial charge in [-0.25, -0.2) is 4.98 Å². The molecular weight excluding hydrogens is 314 g/mol. The van der Waals surface area contributed by atoms with E-state index in [1.54, 1.807) is 0 Å². The van der Waals surface area contributed by atoms with Gasteiger partial charge in [-0.3, -0.25) is 14.4 Å². The number of hydrogen-bond acceptors (Lipinski definition) is 4. The Bertz CT molecular complexity index is 989. The van der Waals surface area contributed by atoms with Crippen molar-refractivity contribution in [1.82, 2.24) is 24.6 Å². The highest BCUT2D eigenvalue weighted by Gasteiger charge is 2.30. The van der Waals surface area contributed by atoms with Gasteiger partial charge in [0.05, 0.1) is 23.1 Å². The molecule has 2 aliphatic rings. The largest absolute Gasteiger partial charge is 0.309 e. The number of aromatic nitrogens is 4. The molecule has 2 aliphatic heterocycles. The smallest absolute Gasteiger partial charge is 0.258 e. The van der Waals surface area contributed by atoms with Crippen LogP contribution in [0.3, 0.4) is 0 Å². The van der Waals surface area contributed by atoms with E-state index < -0.39 is 0 Å². The number of para-hydroxylation sites is 1. The molecule has 1 saturated heterocycles. The fourth-order valence-electron chi connectivity index (χ4n) is 4.27. The highest BCUT2D eigenvalue weighted by atomic mass is 16.1. The van der Waals surface area contributed by atoms with Crippen molar-refractivity contribution in [1.29, 1.82) is 0 Å². The van der Waals surface area contributed by atoms with E-state index in [1.165, 1.54) is 17.7 Å². The molecule has 6 nitrogen and oxygen atoms in total. The predicted molar refractivity (Wildman–Crippen MR) is 95.3 cm³/mol. The standard InChI is InChI=1S/C19H21N5O/c25-19-14-5-1-2-6-15(14)21-18(22-19)17-8-3-9-23(17)12-13-11-20-24-10-4-7-16(13)24/h1-2,5-6,11,17H,3-4,7-10,12H2,(H,21,22,25). The number of fused-ring (bicyclic) bond motifs is 2. The van der Waals surface area contributed by atoms with E-state index in [0.29, 0.717) is 5.39 Å². The Kier molecular flexibility index (Phi) is 3.45. The first-order valence-corrected chi connectivity index (χ1v) is 9.06. The molecule has 0 radical (unpaired) electrons. The third-order valence-electron chi connectivity index (χ3n) is 5.50. The van der Waals surface area contributed by atoms with Crippen LogP contribution in [0.4, 0.5) is 0 Å². The molecule has 0 amide bonds. The van der Waals surface area contributed by atoms with Crippen LogP contribution in [0.25, 0.3) is 10.9 Å². The summed E-state index contributed by atoms with van der Waals surface area (Å²) in [6, 6.07) is 7.72. The second-order valence-electron chi connectivity index (χ2n) is 7.04. The highest BCUT2D eigenvalue weighted by molar-refractivity contribution is 5.77. The van der Waals surface area contributed by atoms with Gasteiger partial charge in [0.15, 0.2) is 0 Å². The molecule has 0 bridgehead atoms. The van der Waals surface area contributed by atoms with E-state index in [9.17, 15) is 4.79 Å². The zero-order valence-electron chi connectivity index (χ0n) is 14.1. The molecule has 0 spiro atoms. The second kappa shape index (κ2) is 5.81. The summed E-state index contributed by atoms with van der Waals surface area (Å²) in [6.07, 6.45) is 6.49. The molecule has 1 unspecified atom stereocenters. The topological polar surface area (TPSA) is 66.8 Å². The van der Waals surface area contributed by atoms with Crippen molar-refractivity contribution in [2.45, 2.75) is 44.8 Å². The molecule has 1 atom stereocenters. The zero-order chi connectivity index (χ0) is 16.8. The van der Waals surface area contributed by atoms with Gasteiger partial charge >= 0.3 is 0 Å². The van der Waals surface area contributed by atoms with Gasteiger partial charge in [0.1, 0.15) is 5.82 Å². The molecule has 2 aromatic heterocycles. The first kappa shape index (κ1) is 14.8. The molecule has 6 heteroatoms. The number of nitrogens with one attached hydrogen (secondary N) is 1. The van der Waals surface area contributed by atoms with Crippen molar-refractivity contribution in [2.75, 3.05) is 6.54 Å². The quantitative estimate of drug-likeness (QED) is 0.798. The van der Waals surface area contributed by atoms with Crippen LogP contribution in [0.2, 0.25) is 0 Å². The van der Waals surface area contributed by atoms with Gasteiger partial charge in [-0.15, -0.1) is 0 Å². The van der Waals surface area contributed by atoms with Gasteiger partial charge in [0, 0.05) is 24.3 Å². The average Bonchev–Trinajstić information content (AvgIpc) is 3.34. The van der Waals surface area contributed by atoms with Crippen molar-refractivity contribution in [2.24, 2.45) is 0 Å². The molecule has 25 heavy (non-hydrogen) atoms. The minimum Gasteiger partial charge on any atom is -0.309 e. The van der Waals surface area contributed by atoms with E-state index in [1.807, 2.05) is 30.5 Å². The summed E-state index contributed by atoms with van der Waals surface area (Å²) in [4.78, 5) is 22.6. The summed E-state index contributed by atoms with van der Waals surface area (Å²) < 4.78 is 2.14. The Labute approximate surface area is 145 Å². The maximum atomic E-state index is 12.4. The number of H-pyrrole nitrogens is 1. The first-order chi connectivity index (χ1) is 12.3. The normalized spacial score (nSPS) is 20.4. The zero-order valence-corrected chi connectivity index (χ0v) is 14.1. The first-order valence-electron chi connectivity index (χ1n) is 9.06. The van der Waals surface area contributed by atoms with Gasteiger partial charge in [-0.2, -0.15) is 5.10 Å². The minimum atomic E-state index is -0.0427. The Balaban J connectivity index is 1.47. The number of aromatic amines is 1. The summed E-state index contributed by atoms with van der Waals surface area (Å²) in [5.74, 6) is 0.796. The fraction of sp³-hybridized carbons (Fsp3) is 0.421. The maximum absolute atomic E-state index is 12.4. The molecule has 0 aliphatic carbocycles. The molecule has 1 aromatic carbocycles. The van der Waals surface area contributed by atoms with E-state index in [4.69, 9.17) is 4.98 Å². The number of benzene rings is 1. The lowest BCUT2D eigenvalue weighted by molar-refractivity contribution is 0.239. The molecular formula is C19H21N5O. The number of aryl methyl sites for hydroxylation is 1. The van der Waals surface area contributed by atoms with Crippen molar-refractivity contribution in [3.05, 3.63) is 57.9 Å². The van der Waals surface area contributed by atoms with Crippen LogP contribution in [-0.4, -0.2) is 31.2 Å². The lowest BCUT2D eigenvalue weighted by Gasteiger charge is -2.23. The maximum Gasteiger partial charge on any atom is 0.258 e. The van der Waals surface area contributed by atoms with Gasteiger partial charge in [-0.05, 0) is 44.4 Å². The van der Waals surface area contributed by atoms with Crippen LogP contribution in [0.5, 0.6) is 0 Å². The van der Waals surface area contributed by atoms with Crippen LogP contribution in [-0.2, 0) is 19.5 Å². The Morgan fingerprint density at radius 1 is 1.20 bits per heavy atom. The highest BCUT2D eigenvalue weighted by Crippen LogP contribution is 2.32. The third kappa shape index (κ3) is 2.48. The number of rotatable bonds is 3. The number of likely N-dealkylation sites (tertiary alicyclic amines) is 1. The molecule has 5 rings (SSSR count). The van der Waals surface area contributed by atoms with Gasteiger partial charge in [0.25, 0.3) is 5.56 Å². The molecule has 128 valence electrons. The molecule has 1 fully saturated rings. The van der Waals surface area contributed by atoms with Crippen molar-refractivity contribution in [3.63, 3.8) is 0 Å². The monoisotopic (exact) mass is 335 g/mol. The van der Waals surface area contributed by atoms with Crippen LogP contribution < -0.4 is 5.56 Å². The Morgan fingerprint density at radius 3 is 3.08 bits per heavy atom. The van der Waals surface area contributed by atoms with E-state index in [2.05, 4.69) is 19.7 Å². The van der Waals surface area contributed by atoms with Crippen molar-refractivity contribution >= 4 is 10.9 Å². The van der Waals surface area contributed by atoms with Crippen LogP contribution in [0, 0.1) is 0 Å². The Hall–Kier alpha value is -2.47. The summed E-state index contributed by atoms with van der Waals surface area (Å²) >= 11 is 0. The minimum absolute atomic E-state index is 0.0427. The van der Waals surface area contributed by atoms with E-state index in [0.717, 1.165) is 50.2 Å². The predicted octanol–water partition coefficient (Wildman–Crippen LogP) is 2.40. The van der Waals surface area contributed by atoms with Crippen molar-refractivity contribution < 1.29 is 0 Å². The number of hydrogen-bond donors (Lipinski definition) is 1. The van der Waals surface area contributed by atoms with E-state index in [-0.39, 0.29) is 11.6 Å². The Morgan fingerprint density at radius 2 is 2.12 bits per heavy atom. The molecule has 3 aromatic rings. The second-order valence-corrected chi connectivity index (χ2v) is 7.04. The van der Waals surface area contributed by atoms with Gasteiger partial charge in [-0.1, -0.05) is 12.1 Å². The van der Waals surface area contributed by atoms with Gasteiger partial charge in [0.2, 0.25) is 0 Å². The SMILES string of the molecule is O=c1[nH]c(C2CCCN2Cc2cnn3c2CCC3)nc2ccccc12. The summed E-state index contributed by atoms with van der Waals surface area (Å²) in [5.41, 5.74) is 3.44. The van der Waals surface area contributed by atoms with Crippen LogP contribution in [0.1, 0.15) is 42.4 Å². The fourth-order valence-corrected chi connectivity index (χ4v) is 4.27. The average molecular weight is 335 g/mol. The molecule has 4 heterocycles. The summed E-state index contributed by atoms with van der Waals surface area (Å²) in [6.45, 7) is 2.96. The summed E-state index contributed by atoms with van der Waals surface area (Å²) in [7, 11) is 0.